The van der Waals surface area contributed by atoms with Crippen LogP contribution in [-0.4, -0.2) is 11.1 Å². The second-order valence-corrected chi connectivity index (χ2v) is 7.05. The molecule has 2 rings (SSSR count). The fourth-order valence-corrected chi connectivity index (χ4v) is 3.02. The van der Waals surface area contributed by atoms with E-state index in [4.69, 9.17) is 9.84 Å². The van der Waals surface area contributed by atoms with Crippen molar-refractivity contribution >= 4 is 5.97 Å². The first-order chi connectivity index (χ1) is 11.5. The van der Waals surface area contributed by atoms with Gasteiger partial charge in [-0.1, -0.05) is 25.5 Å². The van der Waals surface area contributed by atoms with Gasteiger partial charge in [0.25, 0.3) is 0 Å². The third kappa shape index (κ3) is 3.42. The molecule has 1 aromatic rings. The van der Waals surface area contributed by atoms with Gasteiger partial charge in [0.1, 0.15) is 6.61 Å². The minimum absolute atomic E-state index is 0.0649. The number of hydrogen-bond donors (Lipinski definition) is 1. The highest BCUT2D eigenvalue weighted by Gasteiger charge is 2.61. The van der Waals surface area contributed by atoms with Crippen LogP contribution >= 0.6 is 0 Å². The molecule has 3 nitrogen and oxygen atoms in total. The van der Waals surface area contributed by atoms with Crippen LogP contribution in [0.15, 0.2) is 11.6 Å². The van der Waals surface area contributed by atoms with E-state index in [1.807, 2.05) is 33.8 Å². The zero-order valence-electron chi connectivity index (χ0n) is 14.4. The second kappa shape index (κ2) is 6.78. The van der Waals surface area contributed by atoms with E-state index in [1.54, 1.807) is 0 Å². The lowest BCUT2D eigenvalue weighted by molar-refractivity contribution is -0.147. The number of benzene rings is 1. The number of rotatable bonds is 5. The van der Waals surface area contributed by atoms with Gasteiger partial charge in [-0.2, -0.15) is 0 Å². The van der Waals surface area contributed by atoms with E-state index in [0.717, 1.165) is 5.57 Å². The summed E-state index contributed by atoms with van der Waals surface area (Å²) in [5.41, 5.74) is -1.45. The Kier molecular flexibility index (Phi) is 5.27. The van der Waals surface area contributed by atoms with E-state index in [-0.39, 0.29) is 11.3 Å². The van der Waals surface area contributed by atoms with E-state index in [2.05, 4.69) is 0 Å². The van der Waals surface area contributed by atoms with Crippen LogP contribution in [0.5, 0.6) is 0 Å². The summed E-state index contributed by atoms with van der Waals surface area (Å²) >= 11 is 0. The highest BCUT2D eigenvalue weighted by Crippen LogP contribution is 2.59. The molecule has 0 radical (unpaired) electrons. The second-order valence-electron chi connectivity index (χ2n) is 7.05. The average Bonchev–Trinajstić information content (AvgIpc) is 3.05. The zero-order valence-corrected chi connectivity index (χ0v) is 14.4. The molecule has 1 fully saturated rings. The van der Waals surface area contributed by atoms with Crippen molar-refractivity contribution < 1.29 is 32.2 Å². The van der Waals surface area contributed by atoms with Crippen molar-refractivity contribution in [2.75, 3.05) is 0 Å². The minimum atomic E-state index is -1.69. The summed E-state index contributed by atoms with van der Waals surface area (Å²) in [6, 6.07) is 0. The first-order valence-corrected chi connectivity index (χ1v) is 7.80. The number of halogens is 4. The van der Waals surface area contributed by atoms with E-state index in [1.165, 1.54) is 0 Å². The molecule has 0 amide bonds. The predicted molar refractivity (Wildman–Crippen MR) is 82.2 cm³/mol. The van der Waals surface area contributed by atoms with Crippen molar-refractivity contribution in [3.8, 4) is 0 Å². The van der Waals surface area contributed by atoms with Crippen LogP contribution in [-0.2, 0) is 22.7 Å². The summed E-state index contributed by atoms with van der Waals surface area (Å²) in [7, 11) is 0. The van der Waals surface area contributed by atoms with Gasteiger partial charge in [-0.3, -0.25) is 4.79 Å². The molecule has 1 saturated carbocycles. The number of hydrogen-bond acceptors (Lipinski definition) is 3. The quantitative estimate of drug-likeness (QED) is 0.373. The molecule has 1 aliphatic carbocycles. The predicted octanol–water partition coefficient (Wildman–Crippen LogP) is 4.02. The minimum Gasteiger partial charge on any atom is -0.460 e. The van der Waals surface area contributed by atoms with Gasteiger partial charge in [-0.15, -0.1) is 0 Å². The number of esters is 1. The summed E-state index contributed by atoms with van der Waals surface area (Å²) < 4.78 is 59.9. The highest BCUT2D eigenvalue weighted by atomic mass is 19.2. The molecular weight excluding hydrogens is 340 g/mol. The Bertz CT molecular complexity index is 707. The Hall–Kier alpha value is -1.89. The molecule has 25 heavy (non-hydrogen) atoms. The molecule has 0 spiro atoms. The third-order valence-electron chi connectivity index (χ3n) is 4.64. The Morgan fingerprint density at radius 1 is 1.08 bits per heavy atom. The molecule has 7 heteroatoms. The lowest BCUT2D eigenvalue weighted by atomic mass is 10.1. The molecule has 2 atom stereocenters. The Balaban J connectivity index is 2.18. The maximum atomic E-state index is 13.9. The Morgan fingerprint density at radius 2 is 1.56 bits per heavy atom. The molecule has 0 aromatic heterocycles. The summed E-state index contributed by atoms with van der Waals surface area (Å²) in [4.78, 5) is 12.2. The zero-order chi connectivity index (χ0) is 19.1. The van der Waals surface area contributed by atoms with Crippen molar-refractivity contribution in [2.45, 2.75) is 40.9 Å². The number of carbonyl (C=O) groups excluding carboxylic acids is 1. The summed E-state index contributed by atoms with van der Waals surface area (Å²) in [6.07, 6.45) is 1.92. The van der Waals surface area contributed by atoms with Gasteiger partial charge in [0.2, 0.25) is 0 Å². The van der Waals surface area contributed by atoms with Gasteiger partial charge in [0, 0.05) is 0 Å². The molecule has 0 unspecified atom stereocenters. The van der Waals surface area contributed by atoms with Crippen LogP contribution in [0.4, 0.5) is 17.6 Å². The number of aliphatic hydroxyl groups is 1. The summed E-state index contributed by atoms with van der Waals surface area (Å²) in [6.45, 7) is 5.38. The number of carbonyl (C=O) groups is 1. The summed E-state index contributed by atoms with van der Waals surface area (Å²) in [5.74, 6) is -7.97. The third-order valence-corrected chi connectivity index (χ3v) is 4.64. The van der Waals surface area contributed by atoms with Gasteiger partial charge in [-0.05, 0) is 25.2 Å². The van der Waals surface area contributed by atoms with Crippen molar-refractivity contribution in [1.82, 2.24) is 0 Å². The van der Waals surface area contributed by atoms with Crippen molar-refractivity contribution in [3.05, 3.63) is 46.0 Å². The first kappa shape index (κ1) is 19.4. The molecule has 1 aromatic carbocycles. The molecule has 138 valence electrons. The fraction of sp³-hybridized carbons (Fsp3) is 0.500. The van der Waals surface area contributed by atoms with E-state index in [0.29, 0.717) is 0 Å². The van der Waals surface area contributed by atoms with Crippen molar-refractivity contribution in [1.29, 1.82) is 0 Å². The van der Waals surface area contributed by atoms with E-state index in [9.17, 15) is 22.4 Å². The van der Waals surface area contributed by atoms with Crippen LogP contribution in [0.2, 0.25) is 0 Å². The maximum Gasteiger partial charge on any atom is 0.310 e. The normalized spacial score (nSPS) is 21.0. The van der Waals surface area contributed by atoms with Gasteiger partial charge in [0.15, 0.2) is 23.3 Å². The van der Waals surface area contributed by atoms with Gasteiger partial charge in [-0.25, -0.2) is 17.6 Å². The first-order valence-electron chi connectivity index (χ1n) is 7.80. The molecule has 1 aliphatic rings. The number of allylic oxidation sites excluding steroid dienone is 2. The van der Waals surface area contributed by atoms with Gasteiger partial charge < -0.3 is 9.84 Å². The van der Waals surface area contributed by atoms with Crippen molar-refractivity contribution in [3.63, 3.8) is 0 Å². The molecule has 1 N–H and O–H groups in total. The van der Waals surface area contributed by atoms with Crippen LogP contribution < -0.4 is 0 Å². The van der Waals surface area contributed by atoms with Crippen molar-refractivity contribution in [2.24, 2.45) is 17.3 Å². The molecule has 0 aliphatic heterocycles. The van der Waals surface area contributed by atoms with Gasteiger partial charge in [0.05, 0.1) is 23.7 Å². The van der Waals surface area contributed by atoms with E-state index < -0.39 is 59.5 Å². The topological polar surface area (TPSA) is 46.5 Å². The Labute approximate surface area is 143 Å². The number of aliphatic hydroxyl groups excluding tert-OH is 1. The lowest BCUT2D eigenvalue weighted by Gasteiger charge is -2.11. The van der Waals surface area contributed by atoms with Gasteiger partial charge >= 0.3 is 5.97 Å². The van der Waals surface area contributed by atoms with Crippen LogP contribution in [0, 0.1) is 40.5 Å². The maximum absolute atomic E-state index is 13.9. The SMILES string of the molecule is CC(C)=C[C@@H]1[C@@H](C(=O)OCc2c(F)c(F)c(CO)c(F)c2F)C1(C)C. The smallest absolute Gasteiger partial charge is 0.310 e. The molecule has 0 saturated heterocycles. The summed E-state index contributed by atoms with van der Waals surface area (Å²) in [5, 5.41) is 8.79. The standard InChI is InChI=1S/C18H20F4O3/c1-8(2)5-11-12(18(11,3)4)17(24)25-7-10-15(21)13(19)9(6-23)14(20)16(10)22/h5,11-12,23H,6-7H2,1-4H3/t11-,12+/m1/s1. The Morgan fingerprint density at radius 3 is 2.00 bits per heavy atom. The molecule has 0 heterocycles. The largest absolute Gasteiger partial charge is 0.460 e. The average molecular weight is 360 g/mol. The highest BCUT2D eigenvalue weighted by molar-refractivity contribution is 5.78. The lowest BCUT2D eigenvalue weighted by Crippen LogP contribution is -2.14. The van der Waals surface area contributed by atoms with E-state index >= 15 is 0 Å². The van der Waals surface area contributed by atoms with Crippen LogP contribution in [0.1, 0.15) is 38.8 Å². The molecular formula is C18H20F4O3. The monoisotopic (exact) mass is 360 g/mol. The van der Waals surface area contributed by atoms with Crippen LogP contribution in [0.25, 0.3) is 0 Å². The number of ether oxygens (including phenoxy) is 1. The fourth-order valence-electron chi connectivity index (χ4n) is 3.02. The molecule has 0 bridgehead atoms. The van der Waals surface area contributed by atoms with Crippen LogP contribution in [0.3, 0.4) is 0 Å².